The Labute approximate surface area is 116 Å². The summed E-state index contributed by atoms with van der Waals surface area (Å²) < 4.78 is 13.7. The molecule has 0 aliphatic heterocycles. The summed E-state index contributed by atoms with van der Waals surface area (Å²) in [7, 11) is 0. The van der Waals surface area contributed by atoms with Gasteiger partial charge < -0.3 is 4.90 Å². The van der Waals surface area contributed by atoms with Crippen LogP contribution in [-0.2, 0) is 0 Å². The highest BCUT2D eigenvalue weighted by Crippen LogP contribution is 2.27. The average Bonchev–Trinajstić information content (AvgIpc) is 2.28. The van der Waals surface area contributed by atoms with Gasteiger partial charge in [0.05, 0.1) is 5.56 Å². The van der Waals surface area contributed by atoms with Gasteiger partial charge in [-0.2, -0.15) is 0 Å². The van der Waals surface area contributed by atoms with E-state index in [0.717, 1.165) is 19.3 Å². The Morgan fingerprint density at radius 2 is 2.17 bits per heavy atom. The van der Waals surface area contributed by atoms with Gasteiger partial charge in [-0.15, -0.1) is 11.6 Å². The zero-order valence-electron chi connectivity index (χ0n) is 9.83. The highest BCUT2D eigenvalue weighted by molar-refractivity contribution is 6.31. The summed E-state index contributed by atoms with van der Waals surface area (Å²) in [5.41, 5.74) is 0.0273. The molecule has 1 amide bonds. The quantitative estimate of drug-likeness (QED) is 0.774. The highest BCUT2D eigenvalue weighted by atomic mass is 35.5. The molecule has 0 bridgehead atoms. The lowest BCUT2D eigenvalue weighted by Gasteiger charge is -2.37. The van der Waals surface area contributed by atoms with Crippen LogP contribution in [-0.4, -0.2) is 29.3 Å². The van der Waals surface area contributed by atoms with Crippen molar-refractivity contribution in [3.63, 3.8) is 0 Å². The fraction of sp³-hybridized carbons (Fsp3) is 0.462. The number of carbonyl (C=O) groups excluding carboxylic acids is 1. The van der Waals surface area contributed by atoms with Gasteiger partial charge in [-0.05, 0) is 37.5 Å². The van der Waals surface area contributed by atoms with Gasteiger partial charge in [0.2, 0.25) is 0 Å². The minimum absolute atomic E-state index is 0.0273. The van der Waals surface area contributed by atoms with Gasteiger partial charge in [-0.25, -0.2) is 4.39 Å². The van der Waals surface area contributed by atoms with E-state index in [1.165, 1.54) is 18.2 Å². The Kier molecular flexibility index (Phi) is 4.46. The number of halogens is 3. The van der Waals surface area contributed by atoms with E-state index < -0.39 is 5.82 Å². The molecule has 5 heteroatoms. The van der Waals surface area contributed by atoms with E-state index in [0.29, 0.717) is 17.4 Å². The molecule has 0 saturated heterocycles. The Morgan fingerprint density at radius 1 is 1.44 bits per heavy atom. The van der Waals surface area contributed by atoms with Crippen molar-refractivity contribution in [2.75, 3.05) is 12.4 Å². The second-order valence-electron chi connectivity index (χ2n) is 4.40. The maximum Gasteiger partial charge on any atom is 0.257 e. The Hall–Kier alpha value is -0.800. The third-order valence-corrected chi connectivity index (χ3v) is 3.66. The predicted molar refractivity (Wildman–Crippen MR) is 70.8 cm³/mol. The number of benzene rings is 1. The first kappa shape index (κ1) is 13.6. The van der Waals surface area contributed by atoms with Crippen LogP contribution in [0, 0.1) is 5.82 Å². The van der Waals surface area contributed by atoms with Gasteiger partial charge >= 0.3 is 0 Å². The van der Waals surface area contributed by atoms with Gasteiger partial charge in [0.25, 0.3) is 5.91 Å². The van der Waals surface area contributed by atoms with Crippen LogP contribution in [0.15, 0.2) is 18.2 Å². The number of carbonyl (C=O) groups is 1. The first-order valence-corrected chi connectivity index (χ1v) is 6.86. The van der Waals surface area contributed by atoms with Crippen molar-refractivity contribution in [1.29, 1.82) is 0 Å². The minimum Gasteiger partial charge on any atom is -0.334 e. The molecule has 0 atom stereocenters. The normalized spacial score (nSPS) is 15.3. The largest absolute Gasteiger partial charge is 0.334 e. The summed E-state index contributed by atoms with van der Waals surface area (Å²) in [6.07, 6.45) is 3.03. The molecule has 1 saturated carbocycles. The molecule has 0 spiro atoms. The van der Waals surface area contributed by atoms with Gasteiger partial charge in [0, 0.05) is 23.5 Å². The SMILES string of the molecule is O=C(c1cc(Cl)ccc1F)N(CCCl)C1CCC1. The summed E-state index contributed by atoms with van der Waals surface area (Å²) >= 11 is 11.5. The smallest absolute Gasteiger partial charge is 0.257 e. The van der Waals surface area contributed by atoms with E-state index in [9.17, 15) is 9.18 Å². The highest BCUT2D eigenvalue weighted by Gasteiger charge is 2.30. The standard InChI is InChI=1S/C13H14Cl2FNO/c14-6-7-17(10-2-1-3-10)13(18)11-8-9(15)4-5-12(11)16/h4-5,8,10H,1-3,6-7H2. The van der Waals surface area contributed by atoms with E-state index in [-0.39, 0.29) is 17.5 Å². The molecule has 1 aromatic carbocycles. The topological polar surface area (TPSA) is 20.3 Å². The average molecular weight is 290 g/mol. The van der Waals surface area contributed by atoms with Gasteiger partial charge in [0.15, 0.2) is 0 Å². The molecular weight excluding hydrogens is 276 g/mol. The van der Waals surface area contributed by atoms with Gasteiger partial charge in [-0.3, -0.25) is 4.79 Å². The molecule has 0 radical (unpaired) electrons. The molecule has 0 unspecified atom stereocenters. The first-order chi connectivity index (χ1) is 8.63. The summed E-state index contributed by atoms with van der Waals surface area (Å²) in [6, 6.07) is 4.21. The van der Waals surface area contributed by atoms with Crippen LogP contribution in [0.2, 0.25) is 5.02 Å². The lowest BCUT2D eigenvalue weighted by Crippen LogP contribution is -2.45. The van der Waals surface area contributed by atoms with Crippen LogP contribution in [0.5, 0.6) is 0 Å². The van der Waals surface area contributed by atoms with Gasteiger partial charge in [0.1, 0.15) is 5.82 Å². The van der Waals surface area contributed by atoms with E-state index in [1.54, 1.807) is 4.90 Å². The fourth-order valence-electron chi connectivity index (χ4n) is 2.06. The molecule has 1 fully saturated rings. The molecule has 0 heterocycles. The van der Waals surface area contributed by atoms with Crippen LogP contribution in [0.3, 0.4) is 0 Å². The van der Waals surface area contributed by atoms with Crippen LogP contribution in [0.4, 0.5) is 4.39 Å². The second kappa shape index (κ2) is 5.89. The van der Waals surface area contributed by atoms with E-state index in [1.807, 2.05) is 0 Å². The second-order valence-corrected chi connectivity index (χ2v) is 5.21. The number of alkyl halides is 1. The lowest BCUT2D eigenvalue weighted by atomic mass is 9.91. The third kappa shape index (κ3) is 2.78. The van der Waals surface area contributed by atoms with Crippen molar-refractivity contribution in [3.05, 3.63) is 34.6 Å². The van der Waals surface area contributed by atoms with Crippen molar-refractivity contribution in [3.8, 4) is 0 Å². The summed E-state index contributed by atoms with van der Waals surface area (Å²) in [5.74, 6) is -0.506. The van der Waals surface area contributed by atoms with Crippen LogP contribution in [0.1, 0.15) is 29.6 Å². The monoisotopic (exact) mass is 289 g/mol. The minimum atomic E-state index is -0.539. The van der Waals surface area contributed by atoms with Crippen LogP contribution >= 0.6 is 23.2 Å². The maximum atomic E-state index is 13.7. The van der Waals surface area contributed by atoms with Crippen molar-refractivity contribution in [2.24, 2.45) is 0 Å². The number of amides is 1. The maximum absolute atomic E-state index is 13.7. The number of nitrogens with zero attached hydrogens (tertiary/aromatic N) is 1. The van der Waals surface area contributed by atoms with E-state index in [2.05, 4.69) is 0 Å². The molecular formula is C13H14Cl2FNO. The van der Waals surface area contributed by atoms with Crippen molar-refractivity contribution >= 4 is 29.1 Å². The molecule has 1 aliphatic carbocycles. The molecule has 1 aromatic rings. The molecule has 18 heavy (non-hydrogen) atoms. The van der Waals surface area contributed by atoms with Gasteiger partial charge in [-0.1, -0.05) is 11.6 Å². The molecule has 2 nitrogen and oxygen atoms in total. The first-order valence-electron chi connectivity index (χ1n) is 5.95. The van der Waals surface area contributed by atoms with Crippen molar-refractivity contribution < 1.29 is 9.18 Å². The Morgan fingerprint density at radius 3 is 2.72 bits per heavy atom. The predicted octanol–water partition coefficient (Wildman–Crippen LogP) is 3.71. The lowest BCUT2D eigenvalue weighted by molar-refractivity contribution is 0.0593. The Balaban J connectivity index is 2.23. The summed E-state index contributed by atoms with van der Waals surface area (Å²) in [6.45, 7) is 0.441. The Bertz CT molecular complexity index is 449. The number of hydrogen-bond acceptors (Lipinski definition) is 1. The number of rotatable bonds is 4. The van der Waals surface area contributed by atoms with E-state index in [4.69, 9.17) is 23.2 Å². The van der Waals surface area contributed by atoms with Crippen LogP contribution in [0.25, 0.3) is 0 Å². The summed E-state index contributed by atoms with van der Waals surface area (Å²) in [4.78, 5) is 14.0. The molecule has 98 valence electrons. The van der Waals surface area contributed by atoms with Crippen LogP contribution < -0.4 is 0 Å². The van der Waals surface area contributed by atoms with Crippen molar-refractivity contribution in [1.82, 2.24) is 4.90 Å². The summed E-state index contributed by atoms with van der Waals surface area (Å²) in [5, 5.41) is 0.360. The van der Waals surface area contributed by atoms with E-state index >= 15 is 0 Å². The third-order valence-electron chi connectivity index (χ3n) is 3.26. The zero-order chi connectivity index (χ0) is 13.1. The molecule has 2 rings (SSSR count). The number of hydrogen-bond donors (Lipinski definition) is 0. The molecule has 1 aliphatic rings. The van der Waals surface area contributed by atoms with Crippen molar-refractivity contribution in [2.45, 2.75) is 25.3 Å². The fourth-order valence-corrected chi connectivity index (χ4v) is 2.41. The molecule has 0 aromatic heterocycles. The zero-order valence-corrected chi connectivity index (χ0v) is 11.3. The molecule has 0 N–H and O–H groups in total.